The highest BCUT2D eigenvalue weighted by molar-refractivity contribution is 5.84. The third-order valence-electron chi connectivity index (χ3n) is 6.02. The smallest absolute Gasteiger partial charge is 0.195 e. The van der Waals surface area contributed by atoms with Crippen molar-refractivity contribution in [1.82, 2.24) is 0 Å². The van der Waals surface area contributed by atoms with Gasteiger partial charge in [-0.15, -0.1) is 0 Å². The molecule has 0 aliphatic heterocycles. The standard InChI is InChI=1S/C30H22F6O/c1-37-12-2-3-18-4-8-21(25(31)14-18)9-5-20-15-26(32)24(27(33)16-20)11-7-19-6-10-23-22(13-19)17-28(34)30(36)29(23)35/h4,6,8,10,13-17H,2-3,5,9,12H2,1H3. The lowest BCUT2D eigenvalue weighted by Gasteiger charge is -2.08. The second-order valence-electron chi connectivity index (χ2n) is 8.63. The number of ether oxygens (including phenoxy) is 1. The molecule has 0 unspecified atom stereocenters. The Morgan fingerprint density at radius 2 is 1.38 bits per heavy atom. The summed E-state index contributed by atoms with van der Waals surface area (Å²) in [4.78, 5) is 0. The average molecular weight is 512 g/mol. The van der Waals surface area contributed by atoms with Gasteiger partial charge in [0, 0.05) is 24.7 Å². The van der Waals surface area contributed by atoms with Gasteiger partial charge in [-0.05, 0) is 84.2 Å². The van der Waals surface area contributed by atoms with E-state index in [1.165, 1.54) is 24.3 Å². The molecule has 1 nitrogen and oxygen atoms in total. The molecule has 0 aliphatic rings. The zero-order valence-corrected chi connectivity index (χ0v) is 19.9. The minimum Gasteiger partial charge on any atom is -0.385 e. The van der Waals surface area contributed by atoms with Crippen molar-refractivity contribution in [2.45, 2.75) is 25.7 Å². The third-order valence-corrected chi connectivity index (χ3v) is 6.02. The zero-order chi connectivity index (χ0) is 26.5. The molecule has 0 N–H and O–H groups in total. The zero-order valence-electron chi connectivity index (χ0n) is 19.9. The van der Waals surface area contributed by atoms with Gasteiger partial charge in [-0.2, -0.15) is 0 Å². The summed E-state index contributed by atoms with van der Waals surface area (Å²) in [5, 5.41) is -0.0712. The van der Waals surface area contributed by atoms with Gasteiger partial charge in [-0.25, -0.2) is 26.3 Å². The van der Waals surface area contributed by atoms with E-state index in [9.17, 15) is 26.3 Å². The molecule has 0 amide bonds. The quantitative estimate of drug-likeness (QED) is 0.108. The van der Waals surface area contributed by atoms with Crippen LogP contribution in [0.4, 0.5) is 26.3 Å². The van der Waals surface area contributed by atoms with E-state index in [1.807, 2.05) is 6.07 Å². The summed E-state index contributed by atoms with van der Waals surface area (Å²) in [6, 6.07) is 12.0. The second-order valence-corrected chi connectivity index (χ2v) is 8.63. The van der Waals surface area contributed by atoms with Crippen molar-refractivity contribution in [3.8, 4) is 11.8 Å². The van der Waals surface area contributed by atoms with E-state index in [-0.39, 0.29) is 35.0 Å². The van der Waals surface area contributed by atoms with E-state index >= 15 is 0 Å². The molecule has 0 aromatic heterocycles. The molecule has 0 heterocycles. The van der Waals surface area contributed by atoms with Gasteiger partial charge in [0.05, 0.1) is 5.56 Å². The average Bonchev–Trinajstić information content (AvgIpc) is 2.86. The summed E-state index contributed by atoms with van der Waals surface area (Å²) >= 11 is 0. The van der Waals surface area contributed by atoms with Crippen LogP contribution in [0.5, 0.6) is 0 Å². The van der Waals surface area contributed by atoms with E-state index in [4.69, 9.17) is 4.74 Å². The van der Waals surface area contributed by atoms with Gasteiger partial charge in [-0.3, -0.25) is 0 Å². The van der Waals surface area contributed by atoms with Gasteiger partial charge >= 0.3 is 0 Å². The fourth-order valence-corrected chi connectivity index (χ4v) is 4.06. The largest absolute Gasteiger partial charge is 0.385 e. The van der Waals surface area contributed by atoms with Crippen LogP contribution in [-0.4, -0.2) is 13.7 Å². The highest BCUT2D eigenvalue weighted by atomic mass is 19.2. The molecule has 190 valence electrons. The Bertz CT molecular complexity index is 1490. The Morgan fingerprint density at radius 1 is 0.649 bits per heavy atom. The Kier molecular flexibility index (Phi) is 8.20. The second kappa shape index (κ2) is 11.5. The van der Waals surface area contributed by atoms with E-state index in [0.717, 1.165) is 30.2 Å². The lowest BCUT2D eigenvalue weighted by atomic mass is 10.00. The molecular formula is C30H22F6O. The van der Waals surface area contributed by atoms with Gasteiger partial charge in [0.25, 0.3) is 0 Å². The first-order valence-corrected chi connectivity index (χ1v) is 11.6. The van der Waals surface area contributed by atoms with Crippen molar-refractivity contribution >= 4 is 10.8 Å². The monoisotopic (exact) mass is 512 g/mol. The van der Waals surface area contributed by atoms with E-state index in [1.54, 1.807) is 13.2 Å². The molecule has 4 aromatic rings. The van der Waals surface area contributed by atoms with Crippen LogP contribution in [0, 0.1) is 46.7 Å². The number of aryl methyl sites for hydroxylation is 3. The highest BCUT2D eigenvalue weighted by Gasteiger charge is 2.14. The van der Waals surface area contributed by atoms with Crippen LogP contribution < -0.4 is 0 Å². The fraction of sp³-hybridized carbons (Fsp3) is 0.200. The topological polar surface area (TPSA) is 9.23 Å². The molecule has 0 saturated heterocycles. The maximum Gasteiger partial charge on any atom is 0.195 e. The lowest BCUT2D eigenvalue weighted by Crippen LogP contribution is -2.00. The summed E-state index contributed by atoms with van der Waals surface area (Å²) in [6.45, 7) is 0.588. The Labute approximate surface area is 210 Å². The van der Waals surface area contributed by atoms with Crippen LogP contribution in [-0.2, 0) is 24.0 Å². The van der Waals surface area contributed by atoms with Crippen LogP contribution in [0.2, 0.25) is 0 Å². The molecule has 0 aliphatic carbocycles. The molecule has 0 fully saturated rings. The van der Waals surface area contributed by atoms with Gasteiger partial charge in [0.1, 0.15) is 17.5 Å². The number of hydrogen-bond acceptors (Lipinski definition) is 1. The lowest BCUT2D eigenvalue weighted by molar-refractivity contribution is 0.195. The maximum absolute atomic E-state index is 14.7. The van der Waals surface area contributed by atoms with Crippen molar-refractivity contribution in [3.05, 3.63) is 117 Å². The SMILES string of the molecule is COCCCc1ccc(CCc2cc(F)c(C#Cc3ccc4c(F)c(F)c(F)cc4c3)c(F)c2)c(F)c1. The maximum atomic E-state index is 14.7. The summed E-state index contributed by atoms with van der Waals surface area (Å²) in [7, 11) is 1.61. The molecule has 4 aromatic carbocycles. The first-order valence-electron chi connectivity index (χ1n) is 11.6. The van der Waals surface area contributed by atoms with Gasteiger partial charge in [-0.1, -0.05) is 30.0 Å². The number of halogens is 6. The van der Waals surface area contributed by atoms with Crippen LogP contribution >= 0.6 is 0 Å². The minimum atomic E-state index is -1.58. The van der Waals surface area contributed by atoms with Crippen molar-refractivity contribution in [1.29, 1.82) is 0 Å². The minimum absolute atomic E-state index is 0.0646. The van der Waals surface area contributed by atoms with Crippen molar-refractivity contribution in [3.63, 3.8) is 0 Å². The third kappa shape index (κ3) is 6.15. The molecule has 0 saturated carbocycles. The molecule has 0 spiro atoms. The number of benzene rings is 4. The molecular weight excluding hydrogens is 490 g/mol. The summed E-state index contributed by atoms with van der Waals surface area (Å²) < 4.78 is 89.6. The number of rotatable bonds is 7. The van der Waals surface area contributed by atoms with Crippen LogP contribution in [0.15, 0.2) is 54.6 Å². The van der Waals surface area contributed by atoms with Gasteiger partial charge in [0.15, 0.2) is 17.5 Å². The number of hydrogen-bond donors (Lipinski definition) is 0. The molecule has 4 rings (SSSR count). The summed E-state index contributed by atoms with van der Waals surface area (Å²) in [5.41, 5.74) is 1.42. The normalized spacial score (nSPS) is 11.0. The predicted octanol–water partition coefficient (Wildman–Crippen LogP) is 7.44. The molecule has 7 heteroatoms. The summed E-state index contributed by atoms with van der Waals surface area (Å²) in [6.07, 6.45) is 1.95. The Hall–Kier alpha value is -3.76. The Morgan fingerprint density at radius 3 is 2.08 bits per heavy atom. The van der Waals surface area contributed by atoms with Gasteiger partial charge in [0.2, 0.25) is 0 Å². The molecule has 37 heavy (non-hydrogen) atoms. The van der Waals surface area contributed by atoms with Crippen LogP contribution in [0.1, 0.15) is 34.2 Å². The van der Waals surface area contributed by atoms with Crippen LogP contribution in [0.25, 0.3) is 10.8 Å². The van der Waals surface area contributed by atoms with E-state index < -0.39 is 34.6 Å². The molecule has 0 bridgehead atoms. The van der Waals surface area contributed by atoms with Crippen LogP contribution in [0.3, 0.4) is 0 Å². The van der Waals surface area contributed by atoms with E-state index in [2.05, 4.69) is 11.8 Å². The van der Waals surface area contributed by atoms with E-state index in [0.29, 0.717) is 24.2 Å². The first kappa shape index (κ1) is 26.3. The molecule has 0 atom stereocenters. The van der Waals surface area contributed by atoms with Crippen molar-refractivity contribution in [2.24, 2.45) is 0 Å². The summed E-state index contributed by atoms with van der Waals surface area (Å²) in [5.74, 6) is -1.38. The van der Waals surface area contributed by atoms with Crippen molar-refractivity contribution < 1.29 is 31.1 Å². The molecule has 0 radical (unpaired) electrons. The van der Waals surface area contributed by atoms with Crippen molar-refractivity contribution in [2.75, 3.05) is 13.7 Å². The highest BCUT2D eigenvalue weighted by Crippen LogP contribution is 2.24. The number of fused-ring (bicyclic) bond motifs is 1. The Balaban J connectivity index is 1.48. The van der Waals surface area contributed by atoms with Gasteiger partial charge < -0.3 is 4.74 Å². The fourth-order valence-electron chi connectivity index (χ4n) is 4.06. The number of methoxy groups -OCH3 is 1. The predicted molar refractivity (Wildman–Crippen MR) is 130 cm³/mol. The first-order chi connectivity index (χ1) is 17.8.